The number of nitrogens with zero attached hydrogens (tertiary/aromatic N) is 2. The summed E-state index contributed by atoms with van der Waals surface area (Å²) in [6.45, 7) is 0. The van der Waals surface area contributed by atoms with Crippen molar-refractivity contribution in [2.45, 2.75) is 0 Å². The lowest BCUT2D eigenvalue weighted by Gasteiger charge is -1.95. The molecule has 0 unspecified atom stereocenters. The van der Waals surface area contributed by atoms with Crippen LogP contribution in [0.1, 0.15) is 5.56 Å². The maximum absolute atomic E-state index is 10.6. The highest BCUT2D eigenvalue weighted by Crippen LogP contribution is 2.14. The van der Waals surface area contributed by atoms with Crippen molar-refractivity contribution in [2.75, 3.05) is 0 Å². The highest BCUT2D eigenvalue weighted by molar-refractivity contribution is 5.86. The van der Waals surface area contributed by atoms with Gasteiger partial charge in [0.1, 0.15) is 0 Å². The van der Waals surface area contributed by atoms with Crippen LogP contribution in [-0.4, -0.2) is 17.2 Å². The van der Waals surface area contributed by atoms with Crippen molar-refractivity contribution >= 4 is 17.9 Å². The van der Waals surface area contributed by atoms with Crippen molar-refractivity contribution in [3.05, 3.63) is 39.9 Å². The van der Waals surface area contributed by atoms with Crippen molar-refractivity contribution in [3.8, 4) is 0 Å². The second kappa shape index (κ2) is 4.70. The number of hydrogen-bond acceptors (Lipinski definition) is 4. The minimum absolute atomic E-state index is 0.0903. The number of nitro groups is 1. The molecule has 0 atom stereocenters. The molecular formula is C8H8N4O3. The molecule has 0 aromatic heterocycles. The molecular weight excluding hydrogens is 203 g/mol. The Kier molecular flexibility index (Phi) is 3.33. The summed E-state index contributed by atoms with van der Waals surface area (Å²) < 4.78 is 0. The number of nitrogens with one attached hydrogen (secondary N) is 1. The first kappa shape index (κ1) is 10.6. The van der Waals surface area contributed by atoms with Crippen molar-refractivity contribution < 1.29 is 9.72 Å². The molecule has 0 bridgehead atoms. The van der Waals surface area contributed by atoms with Gasteiger partial charge in [-0.05, 0) is 6.07 Å². The van der Waals surface area contributed by atoms with Crippen LogP contribution in [0.3, 0.4) is 0 Å². The molecule has 78 valence electrons. The molecule has 1 aromatic carbocycles. The summed E-state index contributed by atoms with van der Waals surface area (Å²) in [6, 6.07) is 5.18. The van der Waals surface area contributed by atoms with Crippen LogP contribution in [-0.2, 0) is 0 Å². The smallest absolute Gasteiger partial charge is 0.332 e. The molecule has 7 heteroatoms. The van der Waals surface area contributed by atoms with Crippen molar-refractivity contribution in [3.63, 3.8) is 0 Å². The van der Waals surface area contributed by atoms with Gasteiger partial charge in [-0.15, -0.1) is 0 Å². The molecule has 0 saturated carbocycles. The number of benzene rings is 1. The fourth-order valence-electron chi connectivity index (χ4n) is 0.928. The van der Waals surface area contributed by atoms with Crippen LogP contribution in [0.15, 0.2) is 29.4 Å². The van der Waals surface area contributed by atoms with E-state index >= 15 is 0 Å². The van der Waals surface area contributed by atoms with Crippen LogP contribution in [0.4, 0.5) is 10.5 Å². The molecule has 0 fully saturated rings. The fourth-order valence-corrected chi connectivity index (χ4v) is 0.928. The summed E-state index contributed by atoms with van der Waals surface area (Å²) >= 11 is 0. The second-order valence-electron chi connectivity index (χ2n) is 2.55. The van der Waals surface area contributed by atoms with E-state index in [1.807, 2.05) is 5.43 Å². The lowest BCUT2D eigenvalue weighted by Crippen LogP contribution is -2.24. The second-order valence-corrected chi connectivity index (χ2v) is 2.55. The van der Waals surface area contributed by atoms with Gasteiger partial charge in [0, 0.05) is 6.07 Å². The van der Waals surface area contributed by atoms with Gasteiger partial charge in [-0.1, -0.05) is 12.1 Å². The Hall–Kier alpha value is -2.44. The quantitative estimate of drug-likeness (QED) is 0.251. The molecule has 1 aromatic rings. The van der Waals surface area contributed by atoms with E-state index < -0.39 is 11.0 Å². The van der Waals surface area contributed by atoms with E-state index in [-0.39, 0.29) is 11.3 Å². The number of amides is 2. The Bertz CT molecular complexity index is 416. The Morgan fingerprint density at radius 2 is 2.20 bits per heavy atom. The van der Waals surface area contributed by atoms with Gasteiger partial charge in [-0.2, -0.15) is 5.10 Å². The number of rotatable bonds is 3. The number of hydrazone groups is 1. The number of urea groups is 1. The van der Waals surface area contributed by atoms with Crippen molar-refractivity contribution in [2.24, 2.45) is 10.8 Å². The molecule has 0 spiro atoms. The van der Waals surface area contributed by atoms with E-state index in [4.69, 9.17) is 5.73 Å². The minimum Gasteiger partial charge on any atom is -0.350 e. The van der Waals surface area contributed by atoms with Crippen molar-refractivity contribution in [1.29, 1.82) is 0 Å². The molecule has 0 aliphatic heterocycles. The largest absolute Gasteiger partial charge is 0.350 e. The predicted molar refractivity (Wildman–Crippen MR) is 53.4 cm³/mol. The van der Waals surface area contributed by atoms with Crippen molar-refractivity contribution in [1.82, 2.24) is 5.43 Å². The van der Waals surface area contributed by atoms with Gasteiger partial charge in [0.15, 0.2) is 0 Å². The van der Waals surface area contributed by atoms with Gasteiger partial charge in [0.05, 0.1) is 16.7 Å². The standard InChI is InChI=1S/C8H8N4O3/c9-8(13)11-10-5-6-3-1-2-4-7(6)12(14)15/h1-5H,(H3,9,11,13)/b10-5+/i8+1,9+1,11+1. The first-order chi connectivity index (χ1) is 7.11. The van der Waals surface area contributed by atoms with Crippen LogP contribution < -0.4 is 11.2 Å². The summed E-state index contributed by atoms with van der Waals surface area (Å²) in [5.41, 5.74) is 6.90. The average molecular weight is 211 g/mol. The van der Waals surface area contributed by atoms with Gasteiger partial charge in [0.2, 0.25) is 0 Å². The Balaban J connectivity index is 2.89. The first-order valence-electron chi connectivity index (χ1n) is 3.93. The number of nitro benzene ring substituents is 1. The lowest BCUT2D eigenvalue weighted by atomic mass is 10.2. The van der Waals surface area contributed by atoms with Crippen LogP contribution in [0, 0.1) is 10.1 Å². The Labute approximate surface area is 84.7 Å². The van der Waals surface area contributed by atoms with E-state index in [1.54, 1.807) is 6.07 Å². The highest BCUT2D eigenvalue weighted by Gasteiger charge is 2.09. The van der Waals surface area contributed by atoms with Crippen LogP contribution in [0.25, 0.3) is 0 Å². The molecule has 0 aliphatic rings. The fraction of sp³-hybridized carbons (Fsp3) is 0. The van der Waals surface area contributed by atoms with Gasteiger partial charge >= 0.3 is 6.03 Å². The number of para-hydroxylation sites is 1. The zero-order valence-electron chi connectivity index (χ0n) is 7.58. The number of nitrogens with two attached hydrogens (primary N) is 1. The van der Waals surface area contributed by atoms with E-state index in [0.717, 1.165) is 6.21 Å². The van der Waals surface area contributed by atoms with E-state index in [9.17, 15) is 14.9 Å². The Morgan fingerprint density at radius 3 is 2.80 bits per heavy atom. The zero-order valence-corrected chi connectivity index (χ0v) is 7.58. The van der Waals surface area contributed by atoms with E-state index in [0.29, 0.717) is 0 Å². The third-order valence-corrected chi connectivity index (χ3v) is 1.51. The number of primary amides is 1. The lowest BCUT2D eigenvalue weighted by molar-refractivity contribution is -0.385. The van der Waals surface area contributed by atoms with E-state index in [1.165, 1.54) is 18.2 Å². The minimum atomic E-state index is -0.829. The highest BCUT2D eigenvalue weighted by atomic mass is 16.6. The molecule has 0 heterocycles. The normalized spacial score (nSPS) is 10.1. The monoisotopic (exact) mass is 211 g/mol. The number of carbonyl (C=O) groups excluding carboxylic acids is 1. The molecule has 2 amide bonds. The summed E-state index contributed by atoms with van der Waals surface area (Å²) in [5.74, 6) is 0. The molecule has 15 heavy (non-hydrogen) atoms. The maximum atomic E-state index is 10.6. The SMILES string of the molecule is [15NH2][13C](=O)[15NH]/N=C/c1ccccc1[N+](=O)[O-]. The Morgan fingerprint density at radius 1 is 1.53 bits per heavy atom. The summed E-state index contributed by atoms with van der Waals surface area (Å²) in [6.07, 6.45) is 1.16. The van der Waals surface area contributed by atoms with Gasteiger partial charge in [-0.3, -0.25) is 10.1 Å². The van der Waals surface area contributed by atoms with Gasteiger partial charge in [0.25, 0.3) is 5.69 Å². The van der Waals surface area contributed by atoms with Crippen LogP contribution in [0.2, 0.25) is 0 Å². The molecule has 0 radical (unpaired) electrons. The van der Waals surface area contributed by atoms with Crippen LogP contribution >= 0.6 is 0 Å². The topological polar surface area (TPSA) is 111 Å². The summed E-state index contributed by atoms with van der Waals surface area (Å²) in [7, 11) is 0. The molecule has 0 saturated heterocycles. The summed E-state index contributed by atoms with van der Waals surface area (Å²) in [4.78, 5) is 20.3. The van der Waals surface area contributed by atoms with Gasteiger partial charge < -0.3 is 5.73 Å². The predicted octanol–water partition coefficient (Wildman–Crippen LogP) is 0.597. The van der Waals surface area contributed by atoms with Crippen LogP contribution in [0.5, 0.6) is 0 Å². The molecule has 7 nitrogen and oxygen atoms in total. The average Bonchev–Trinajstić information content (AvgIpc) is 2.17. The molecule has 3 N–H and O–H groups in total. The third-order valence-electron chi connectivity index (χ3n) is 1.51. The zero-order chi connectivity index (χ0) is 11.3. The van der Waals surface area contributed by atoms with E-state index in [2.05, 4.69) is 5.10 Å². The third kappa shape index (κ3) is 3.07. The number of carbonyl (C=O) groups is 1. The maximum Gasteiger partial charge on any atom is 0.332 e. The first-order valence-corrected chi connectivity index (χ1v) is 3.93. The van der Waals surface area contributed by atoms with Gasteiger partial charge in [-0.25, -0.2) is 10.2 Å². The molecule has 0 aliphatic carbocycles. The summed E-state index contributed by atoms with van der Waals surface area (Å²) in [5, 5.41) is 14.0. The number of hydrogen-bond donors (Lipinski definition) is 2. The molecule has 1 rings (SSSR count).